The van der Waals surface area contributed by atoms with Crippen molar-refractivity contribution in [2.75, 3.05) is 6.61 Å². The first-order valence-corrected chi connectivity index (χ1v) is 9.40. The number of benzene rings is 2. The lowest BCUT2D eigenvalue weighted by Gasteiger charge is -2.29. The monoisotopic (exact) mass is 384 g/mol. The maximum atomic E-state index is 11.6. The molecule has 6 heteroatoms. The van der Waals surface area contributed by atoms with Gasteiger partial charge in [0.1, 0.15) is 12.2 Å². The van der Waals surface area contributed by atoms with Gasteiger partial charge in [-0.15, -0.1) is 0 Å². The van der Waals surface area contributed by atoms with Gasteiger partial charge in [-0.25, -0.2) is 0 Å². The van der Waals surface area contributed by atoms with Crippen molar-refractivity contribution in [2.45, 2.75) is 50.8 Å². The highest BCUT2D eigenvalue weighted by molar-refractivity contribution is 5.66. The first-order chi connectivity index (χ1) is 13.5. The van der Waals surface area contributed by atoms with Gasteiger partial charge in [0, 0.05) is 19.4 Å². The zero-order valence-corrected chi connectivity index (χ0v) is 15.9. The fourth-order valence-electron chi connectivity index (χ4n) is 3.73. The Morgan fingerprint density at radius 3 is 2.39 bits per heavy atom. The lowest BCUT2D eigenvalue weighted by molar-refractivity contribution is -0.263. The van der Waals surface area contributed by atoms with Gasteiger partial charge in [-0.2, -0.15) is 0 Å². The smallest absolute Gasteiger partial charge is 0.305 e. The molecular weight excluding hydrogens is 360 g/mol. The van der Waals surface area contributed by atoms with Crippen molar-refractivity contribution in [2.24, 2.45) is 0 Å². The van der Waals surface area contributed by atoms with Crippen molar-refractivity contribution >= 4 is 5.97 Å². The predicted molar refractivity (Wildman–Crippen MR) is 100 cm³/mol. The Bertz CT molecular complexity index is 795. The van der Waals surface area contributed by atoms with E-state index in [2.05, 4.69) is 0 Å². The molecule has 0 saturated carbocycles. The predicted octanol–water partition coefficient (Wildman–Crippen LogP) is 3.36. The van der Waals surface area contributed by atoms with E-state index in [1.165, 1.54) is 6.92 Å². The van der Waals surface area contributed by atoms with Gasteiger partial charge >= 0.3 is 5.97 Å². The van der Waals surface area contributed by atoms with Crippen LogP contribution in [0.2, 0.25) is 0 Å². The summed E-state index contributed by atoms with van der Waals surface area (Å²) in [7, 11) is 0. The first-order valence-electron chi connectivity index (χ1n) is 9.40. The van der Waals surface area contributed by atoms with Gasteiger partial charge in [0.2, 0.25) is 5.79 Å². The summed E-state index contributed by atoms with van der Waals surface area (Å²) < 4.78 is 29.6. The number of hydrogen-bond donors (Lipinski definition) is 0. The number of hydrogen-bond acceptors (Lipinski definition) is 6. The van der Waals surface area contributed by atoms with Crippen LogP contribution >= 0.6 is 0 Å². The van der Waals surface area contributed by atoms with E-state index in [0.29, 0.717) is 13.2 Å². The molecule has 2 aliphatic heterocycles. The van der Waals surface area contributed by atoms with Crippen molar-refractivity contribution in [1.82, 2.24) is 0 Å². The quantitative estimate of drug-likeness (QED) is 0.712. The van der Waals surface area contributed by atoms with Gasteiger partial charge < -0.3 is 23.7 Å². The molecule has 6 nitrogen and oxygen atoms in total. The summed E-state index contributed by atoms with van der Waals surface area (Å²) in [6.45, 7) is 3.83. The molecule has 0 aliphatic carbocycles. The van der Waals surface area contributed by atoms with Crippen molar-refractivity contribution in [1.29, 1.82) is 0 Å². The van der Waals surface area contributed by atoms with Gasteiger partial charge in [0.25, 0.3) is 0 Å². The molecule has 0 radical (unpaired) electrons. The maximum absolute atomic E-state index is 11.6. The molecule has 2 saturated heterocycles. The lowest BCUT2D eigenvalue weighted by Crippen LogP contribution is -2.43. The van der Waals surface area contributed by atoms with Crippen LogP contribution in [0.25, 0.3) is 0 Å². The number of esters is 1. The lowest BCUT2D eigenvalue weighted by atomic mass is 10.1. The van der Waals surface area contributed by atoms with Crippen LogP contribution in [0.15, 0.2) is 60.7 Å². The maximum Gasteiger partial charge on any atom is 0.305 e. The molecule has 0 bridgehead atoms. The average Bonchev–Trinajstić information content (AvgIpc) is 3.23. The number of rotatable bonds is 6. The highest BCUT2D eigenvalue weighted by Crippen LogP contribution is 2.45. The van der Waals surface area contributed by atoms with E-state index in [1.54, 1.807) is 6.92 Å². The topological polar surface area (TPSA) is 63.2 Å². The van der Waals surface area contributed by atoms with Crippen LogP contribution in [0.5, 0.6) is 0 Å². The van der Waals surface area contributed by atoms with Crippen molar-refractivity contribution in [3.63, 3.8) is 0 Å². The molecule has 4 rings (SSSR count). The Morgan fingerprint density at radius 2 is 1.71 bits per heavy atom. The fourth-order valence-corrected chi connectivity index (χ4v) is 3.73. The van der Waals surface area contributed by atoms with E-state index in [0.717, 1.165) is 11.1 Å². The third-order valence-corrected chi connectivity index (χ3v) is 4.93. The van der Waals surface area contributed by atoms with E-state index in [-0.39, 0.29) is 0 Å². The summed E-state index contributed by atoms with van der Waals surface area (Å²) in [6.07, 6.45) is -1.88. The Morgan fingerprint density at radius 1 is 1.04 bits per heavy atom. The highest BCUT2D eigenvalue weighted by atomic mass is 16.8. The van der Waals surface area contributed by atoms with Crippen molar-refractivity contribution < 1.29 is 28.5 Å². The van der Waals surface area contributed by atoms with Crippen LogP contribution in [0.1, 0.15) is 31.3 Å². The van der Waals surface area contributed by atoms with Gasteiger partial charge in [0.05, 0.1) is 13.2 Å². The molecule has 2 aromatic carbocycles. The molecule has 148 valence electrons. The van der Waals surface area contributed by atoms with Gasteiger partial charge in [-0.1, -0.05) is 60.7 Å². The molecule has 2 heterocycles. The number of carbonyl (C=O) groups excluding carboxylic acids is 1. The van der Waals surface area contributed by atoms with Crippen molar-refractivity contribution in [3.05, 3.63) is 71.8 Å². The van der Waals surface area contributed by atoms with E-state index < -0.39 is 36.4 Å². The van der Waals surface area contributed by atoms with Crippen LogP contribution in [0.4, 0.5) is 0 Å². The van der Waals surface area contributed by atoms with Gasteiger partial charge in [-0.3, -0.25) is 4.79 Å². The zero-order valence-electron chi connectivity index (χ0n) is 15.9. The third kappa shape index (κ3) is 3.95. The fraction of sp³-hybridized carbons (Fsp3) is 0.409. The normalized spacial score (nSPS) is 31.5. The third-order valence-electron chi connectivity index (χ3n) is 4.93. The average molecular weight is 384 g/mol. The van der Waals surface area contributed by atoms with E-state index in [4.69, 9.17) is 23.7 Å². The van der Waals surface area contributed by atoms with Gasteiger partial charge in [-0.05, 0) is 5.56 Å². The second kappa shape index (κ2) is 8.01. The zero-order chi connectivity index (χ0) is 19.6. The van der Waals surface area contributed by atoms with Crippen LogP contribution < -0.4 is 0 Å². The highest BCUT2D eigenvalue weighted by Gasteiger charge is 2.61. The molecule has 2 aromatic rings. The largest absolute Gasteiger partial charge is 0.431 e. The molecular formula is C22H24O6. The first kappa shape index (κ1) is 19.1. The summed E-state index contributed by atoms with van der Waals surface area (Å²) in [6, 6.07) is 19.6. The molecule has 2 unspecified atom stereocenters. The Kier molecular flexibility index (Phi) is 5.46. The molecule has 0 amide bonds. The Hall–Kier alpha value is -2.25. The summed E-state index contributed by atoms with van der Waals surface area (Å²) in [5.74, 6) is -1.65. The molecule has 0 spiro atoms. The van der Waals surface area contributed by atoms with E-state index >= 15 is 0 Å². The van der Waals surface area contributed by atoms with Crippen LogP contribution in [-0.2, 0) is 35.1 Å². The molecule has 0 aromatic heterocycles. The van der Waals surface area contributed by atoms with Crippen LogP contribution in [0.3, 0.4) is 0 Å². The van der Waals surface area contributed by atoms with Crippen LogP contribution in [0, 0.1) is 0 Å². The number of ether oxygens (including phenoxy) is 5. The molecule has 5 atom stereocenters. The molecule has 28 heavy (non-hydrogen) atoms. The summed E-state index contributed by atoms with van der Waals surface area (Å²) in [5.41, 5.74) is 1.98. The minimum absolute atomic E-state index is 0.303. The SMILES string of the molecule is CC(=O)OC1(C)O[C@H](COCc2ccccc2)[C@H]2OC(c3ccccc3)O[C@H]21. The molecule has 0 N–H and O–H groups in total. The van der Waals surface area contributed by atoms with Crippen LogP contribution in [-0.4, -0.2) is 36.7 Å². The molecule has 2 fully saturated rings. The summed E-state index contributed by atoms with van der Waals surface area (Å²) in [5, 5.41) is 0. The Balaban J connectivity index is 1.47. The second-order valence-electron chi connectivity index (χ2n) is 7.17. The summed E-state index contributed by atoms with van der Waals surface area (Å²) >= 11 is 0. The van der Waals surface area contributed by atoms with Crippen molar-refractivity contribution in [3.8, 4) is 0 Å². The number of carbonyl (C=O) groups is 1. The number of fused-ring (bicyclic) bond motifs is 1. The minimum Gasteiger partial charge on any atom is -0.431 e. The molecule has 2 aliphatic rings. The standard InChI is InChI=1S/C22H24O6/c1-15(23)27-22(2)20-19(25-21(26-20)17-11-7-4-8-12-17)18(28-22)14-24-13-16-9-5-3-6-10-16/h3-12,18-21H,13-14H2,1-2H3/t18-,19-,20-,21?,22?/m1/s1. The minimum atomic E-state index is -1.22. The van der Waals surface area contributed by atoms with E-state index in [9.17, 15) is 4.79 Å². The van der Waals surface area contributed by atoms with Gasteiger partial charge in [0.15, 0.2) is 12.4 Å². The van der Waals surface area contributed by atoms with E-state index in [1.807, 2.05) is 60.7 Å². The Labute approximate surface area is 164 Å². The second-order valence-corrected chi connectivity index (χ2v) is 7.17. The summed E-state index contributed by atoms with van der Waals surface area (Å²) in [4.78, 5) is 11.6.